The van der Waals surface area contributed by atoms with Gasteiger partial charge in [0, 0.05) is 0 Å². The van der Waals surface area contributed by atoms with Gasteiger partial charge in [0.15, 0.2) is 0 Å². The summed E-state index contributed by atoms with van der Waals surface area (Å²) < 4.78 is 0. The molecule has 0 aliphatic carbocycles. The molecule has 0 aromatic heterocycles. The van der Waals surface area contributed by atoms with E-state index in [0.29, 0.717) is 5.41 Å². The number of allylic oxidation sites excluding steroid dienone is 1. The van der Waals surface area contributed by atoms with Crippen molar-refractivity contribution >= 4 is 0 Å². The van der Waals surface area contributed by atoms with Crippen molar-refractivity contribution in [2.24, 2.45) is 11.3 Å². The normalized spacial score (nSPS) is 13.6. The summed E-state index contributed by atoms with van der Waals surface area (Å²) in [5, 5.41) is 0. The lowest BCUT2D eigenvalue weighted by Gasteiger charge is -2.39. The summed E-state index contributed by atoms with van der Waals surface area (Å²) in [4.78, 5) is 0. The first-order valence-electron chi connectivity index (χ1n) is 15.2. The summed E-state index contributed by atoms with van der Waals surface area (Å²) in [6, 6.07) is 0. The van der Waals surface area contributed by atoms with Gasteiger partial charge in [0.1, 0.15) is 0 Å². The maximum atomic E-state index is 4.20. The molecule has 0 N–H and O–H groups in total. The largest absolute Gasteiger partial charge is 0.0999 e. The lowest BCUT2D eigenvalue weighted by atomic mass is 9.67. The zero-order valence-corrected chi connectivity index (χ0v) is 23.5. The first-order valence-corrected chi connectivity index (χ1v) is 15.2. The Hall–Kier alpha value is -0.260. The molecule has 0 bridgehead atoms. The van der Waals surface area contributed by atoms with Crippen molar-refractivity contribution in [1.29, 1.82) is 0 Å². The third-order valence-corrected chi connectivity index (χ3v) is 8.09. The Bertz CT molecular complexity index is 393. The number of rotatable bonds is 25. The standard InChI is InChI=1S/C32H64/c1-7-10-12-19-23-28-32(30(4)5,27-22-13-11-8-2)29-24-20-17-15-14-16-18-21-26-31(6)25-9-3/h30H,6-29H2,1-5H3. The van der Waals surface area contributed by atoms with Crippen LogP contribution < -0.4 is 0 Å². The smallest absolute Gasteiger partial charge is 0.0274 e. The molecule has 0 nitrogen and oxygen atoms in total. The van der Waals surface area contributed by atoms with Gasteiger partial charge in [-0.15, -0.1) is 0 Å². The van der Waals surface area contributed by atoms with E-state index in [0.717, 1.165) is 5.92 Å². The van der Waals surface area contributed by atoms with Gasteiger partial charge in [-0.3, -0.25) is 0 Å². The van der Waals surface area contributed by atoms with Gasteiger partial charge in [0.25, 0.3) is 0 Å². The third-order valence-electron chi connectivity index (χ3n) is 8.09. The SMILES string of the molecule is C=C(CCC)CCCCCCCCCCC(CCCCCC)(CCCCCCC)C(C)C. The molecular formula is C32H64. The summed E-state index contributed by atoms with van der Waals surface area (Å²) in [6.07, 6.45) is 32.6. The fourth-order valence-electron chi connectivity index (χ4n) is 5.62. The minimum Gasteiger partial charge on any atom is -0.0999 e. The number of hydrogen-bond acceptors (Lipinski definition) is 0. The quantitative estimate of drug-likeness (QED) is 0.0961. The van der Waals surface area contributed by atoms with Crippen LogP contribution in [0.2, 0.25) is 0 Å². The zero-order valence-electron chi connectivity index (χ0n) is 23.5. The van der Waals surface area contributed by atoms with Crippen molar-refractivity contribution in [3.63, 3.8) is 0 Å². The monoisotopic (exact) mass is 449 g/mol. The van der Waals surface area contributed by atoms with Gasteiger partial charge in [-0.1, -0.05) is 156 Å². The van der Waals surface area contributed by atoms with Crippen molar-refractivity contribution in [2.75, 3.05) is 0 Å². The molecule has 1 atom stereocenters. The molecule has 0 aliphatic heterocycles. The van der Waals surface area contributed by atoms with Gasteiger partial charge in [0.2, 0.25) is 0 Å². The first-order chi connectivity index (χ1) is 15.5. The Morgan fingerprint density at radius 2 is 0.875 bits per heavy atom. The van der Waals surface area contributed by atoms with Gasteiger partial charge in [-0.05, 0) is 49.9 Å². The Morgan fingerprint density at radius 3 is 1.28 bits per heavy atom. The molecule has 0 saturated heterocycles. The Morgan fingerprint density at radius 1 is 0.500 bits per heavy atom. The second-order valence-electron chi connectivity index (χ2n) is 11.3. The summed E-state index contributed by atoms with van der Waals surface area (Å²) in [5.41, 5.74) is 2.10. The van der Waals surface area contributed by atoms with Crippen LogP contribution in [0.25, 0.3) is 0 Å². The zero-order chi connectivity index (χ0) is 23.9. The van der Waals surface area contributed by atoms with Crippen LogP contribution in [0.15, 0.2) is 12.2 Å². The second-order valence-corrected chi connectivity index (χ2v) is 11.3. The Kier molecular flexibility index (Phi) is 22.3. The maximum absolute atomic E-state index is 4.20. The topological polar surface area (TPSA) is 0 Å². The molecule has 0 saturated carbocycles. The third kappa shape index (κ3) is 17.2. The highest BCUT2D eigenvalue weighted by Gasteiger charge is 2.31. The molecule has 0 amide bonds. The molecule has 0 aliphatic rings. The van der Waals surface area contributed by atoms with Crippen LogP contribution in [-0.4, -0.2) is 0 Å². The fraction of sp³-hybridized carbons (Fsp3) is 0.938. The average Bonchev–Trinajstić information content (AvgIpc) is 2.77. The second kappa shape index (κ2) is 22.5. The minimum atomic E-state index is 0.626. The van der Waals surface area contributed by atoms with Crippen LogP contribution in [0.3, 0.4) is 0 Å². The van der Waals surface area contributed by atoms with Crippen LogP contribution >= 0.6 is 0 Å². The Balaban J connectivity index is 4.18. The van der Waals surface area contributed by atoms with Crippen molar-refractivity contribution < 1.29 is 0 Å². The molecule has 0 rings (SSSR count). The van der Waals surface area contributed by atoms with E-state index in [1.807, 2.05) is 0 Å². The molecule has 1 unspecified atom stereocenters. The molecule has 0 fully saturated rings. The highest BCUT2D eigenvalue weighted by Crippen LogP contribution is 2.43. The van der Waals surface area contributed by atoms with Crippen molar-refractivity contribution in [3.8, 4) is 0 Å². The molecule has 0 heteroatoms. The van der Waals surface area contributed by atoms with E-state index in [2.05, 4.69) is 41.2 Å². The van der Waals surface area contributed by atoms with Crippen molar-refractivity contribution in [3.05, 3.63) is 12.2 Å². The molecular weight excluding hydrogens is 384 g/mol. The fourth-order valence-corrected chi connectivity index (χ4v) is 5.62. The van der Waals surface area contributed by atoms with E-state index in [1.165, 1.54) is 153 Å². The van der Waals surface area contributed by atoms with E-state index in [4.69, 9.17) is 0 Å². The van der Waals surface area contributed by atoms with Crippen LogP contribution in [-0.2, 0) is 0 Å². The summed E-state index contributed by atoms with van der Waals surface area (Å²) in [5.74, 6) is 0.845. The predicted molar refractivity (Wildman–Crippen MR) is 150 cm³/mol. The van der Waals surface area contributed by atoms with E-state index in [1.54, 1.807) is 0 Å². The average molecular weight is 449 g/mol. The van der Waals surface area contributed by atoms with Gasteiger partial charge in [-0.2, -0.15) is 0 Å². The summed E-state index contributed by atoms with van der Waals surface area (Å²) in [6.45, 7) is 16.2. The summed E-state index contributed by atoms with van der Waals surface area (Å²) >= 11 is 0. The van der Waals surface area contributed by atoms with E-state index < -0.39 is 0 Å². The lowest BCUT2D eigenvalue weighted by molar-refractivity contribution is 0.123. The lowest BCUT2D eigenvalue weighted by Crippen LogP contribution is -2.27. The van der Waals surface area contributed by atoms with Crippen LogP contribution in [0.4, 0.5) is 0 Å². The number of hydrogen-bond donors (Lipinski definition) is 0. The Labute approximate surface area is 205 Å². The molecule has 0 aromatic rings. The molecule has 0 aromatic carbocycles. The van der Waals surface area contributed by atoms with Crippen LogP contribution in [0.5, 0.6) is 0 Å². The van der Waals surface area contributed by atoms with Gasteiger partial charge < -0.3 is 0 Å². The van der Waals surface area contributed by atoms with Crippen LogP contribution in [0, 0.1) is 11.3 Å². The first kappa shape index (κ1) is 31.7. The van der Waals surface area contributed by atoms with Gasteiger partial charge >= 0.3 is 0 Å². The van der Waals surface area contributed by atoms with E-state index in [-0.39, 0.29) is 0 Å². The van der Waals surface area contributed by atoms with Crippen molar-refractivity contribution in [1.82, 2.24) is 0 Å². The minimum absolute atomic E-state index is 0.626. The molecule has 192 valence electrons. The van der Waals surface area contributed by atoms with E-state index in [9.17, 15) is 0 Å². The highest BCUT2D eigenvalue weighted by molar-refractivity contribution is 4.92. The molecule has 0 heterocycles. The molecule has 0 radical (unpaired) electrons. The summed E-state index contributed by atoms with van der Waals surface area (Å²) in [7, 11) is 0. The van der Waals surface area contributed by atoms with Crippen molar-refractivity contribution in [2.45, 2.75) is 182 Å². The number of unbranched alkanes of at least 4 members (excludes halogenated alkanes) is 14. The molecule has 0 spiro atoms. The van der Waals surface area contributed by atoms with Gasteiger partial charge in [-0.25, -0.2) is 0 Å². The van der Waals surface area contributed by atoms with Crippen LogP contribution in [0.1, 0.15) is 182 Å². The molecule has 32 heavy (non-hydrogen) atoms. The van der Waals surface area contributed by atoms with Gasteiger partial charge in [0.05, 0.1) is 0 Å². The predicted octanol–water partition coefficient (Wildman–Crippen LogP) is 12.2. The highest BCUT2D eigenvalue weighted by atomic mass is 14.4. The van der Waals surface area contributed by atoms with E-state index >= 15 is 0 Å². The maximum Gasteiger partial charge on any atom is -0.0274 e.